The highest BCUT2D eigenvalue weighted by atomic mass is 16.7. The van der Waals surface area contributed by atoms with Crippen LogP contribution in [-0.4, -0.2) is 28.1 Å². The molecule has 0 amide bonds. The molecular formula is C15H21BN2O2. The second-order valence-corrected chi connectivity index (χ2v) is 6.84. The molecule has 1 saturated carbocycles. The summed E-state index contributed by atoms with van der Waals surface area (Å²) < 4.78 is 14.0. The van der Waals surface area contributed by atoms with E-state index in [1.54, 1.807) is 6.20 Å². The molecule has 0 bridgehead atoms. The molecule has 0 atom stereocenters. The van der Waals surface area contributed by atoms with Crippen molar-refractivity contribution >= 4 is 12.6 Å². The third kappa shape index (κ3) is 1.82. The highest BCUT2D eigenvalue weighted by Gasteiger charge is 2.52. The summed E-state index contributed by atoms with van der Waals surface area (Å²) in [6, 6.07) is 0. The molecule has 4 nitrogen and oxygen atoms in total. The van der Waals surface area contributed by atoms with Crippen molar-refractivity contribution in [2.75, 3.05) is 0 Å². The second-order valence-electron chi connectivity index (χ2n) is 6.84. The number of rotatable bonds is 2. The molecule has 1 aromatic heterocycles. The zero-order chi connectivity index (χ0) is 14.6. The fraction of sp³-hybridized carbons (Fsp3) is 0.667. The van der Waals surface area contributed by atoms with Crippen LogP contribution in [0.4, 0.5) is 0 Å². The van der Waals surface area contributed by atoms with Gasteiger partial charge in [-0.3, -0.25) is 4.68 Å². The van der Waals surface area contributed by atoms with Crippen LogP contribution in [0, 0.1) is 12.3 Å². The molecule has 2 heterocycles. The average Bonchev–Trinajstić information content (AvgIpc) is 2.83. The summed E-state index contributed by atoms with van der Waals surface area (Å²) in [5.74, 6) is 2.89. The number of hydrogen-bond donors (Lipinski definition) is 0. The van der Waals surface area contributed by atoms with E-state index in [0.717, 1.165) is 24.7 Å². The second kappa shape index (κ2) is 4.13. The van der Waals surface area contributed by atoms with Crippen LogP contribution in [0.5, 0.6) is 0 Å². The van der Waals surface area contributed by atoms with Gasteiger partial charge in [-0.15, -0.1) is 6.42 Å². The maximum absolute atomic E-state index is 6.03. The standard InChI is InChI=1S/C15H21BN2O2/c1-6-15(8-7-9-15)18-11-12(10-17-18)16-19-13(2,3)14(4,5)20-16/h1,10-11H,7-9H2,2-5H3. The van der Waals surface area contributed by atoms with Gasteiger partial charge < -0.3 is 9.31 Å². The number of nitrogens with zero attached hydrogens (tertiary/aromatic N) is 2. The average molecular weight is 272 g/mol. The third-order valence-electron chi connectivity index (χ3n) is 5.02. The smallest absolute Gasteiger partial charge is 0.399 e. The minimum atomic E-state index is -0.372. The fourth-order valence-corrected chi connectivity index (χ4v) is 2.62. The summed E-state index contributed by atoms with van der Waals surface area (Å²) in [6.07, 6.45) is 12.6. The van der Waals surface area contributed by atoms with Crippen LogP contribution in [0.2, 0.25) is 0 Å². The molecule has 0 aromatic carbocycles. The predicted molar refractivity (Wildman–Crippen MR) is 78.6 cm³/mol. The molecule has 0 radical (unpaired) electrons. The van der Waals surface area contributed by atoms with Gasteiger partial charge in [-0.25, -0.2) is 0 Å². The quantitative estimate of drug-likeness (QED) is 0.607. The van der Waals surface area contributed by atoms with Crippen LogP contribution in [0.1, 0.15) is 47.0 Å². The van der Waals surface area contributed by atoms with E-state index >= 15 is 0 Å². The molecule has 106 valence electrons. The van der Waals surface area contributed by atoms with E-state index in [0.29, 0.717) is 0 Å². The van der Waals surface area contributed by atoms with Gasteiger partial charge in [0.25, 0.3) is 0 Å². The summed E-state index contributed by atoms with van der Waals surface area (Å²) in [5.41, 5.74) is 0.0345. The number of terminal acetylenes is 1. The zero-order valence-electron chi connectivity index (χ0n) is 12.6. The van der Waals surface area contributed by atoms with Crippen LogP contribution >= 0.6 is 0 Å². The van der Waals surface area contributed by atoms with Crippen molar-refractivity contribution in [2.24, 2.45) is 0 Å². The minimum Gasteiger partial charge on any atom is -0.399 e. The van der Waals surface area contributed by atoms with Gasteiger partial charge in [0.05, 0.1) is 11.2 Å². The third-order valence-corrected chi connectivity index (χ3v) is 5.02. The van der Waals surface area contributed by atoms with Gasteiger partial charge in [-0.05, 0) is 47.0 Å². The lowest BCUT2D eigenvalue weighted by molar-refractivity contribution is 0.00578. The fourth-order valence-electron chi connectivity index (χ4n) is 2.62. The van der Waals surface area contributed by atoms with E-state index in [-0.39, 0.29) is 23.9 Å². The summed E-state index contributed by atoms with van der Waals surface area (Å²) in [6.45, 7) is 8.19. The zero-order valence-corrected chi connectivity index (χ0v) is 12.6. The maximum Gasteiger partial charge on any atom is 0.498 e. The molecule has 5 heteroatoms. The Kier molecular flexibility index (Phi) is 2.83. The molecule has 1 aliphatic carbocycles. The van der Waals surface area contributed by atoms with Gasteiger partial charge >= 0.3 is 7.12 Å². The highest BCUT2D eigenvalue weighted by molar-refractivity contribution is 6.62. The Labute approximate surface area is 121 Å². The molecule has 1 saturated heterocycles. The molecule has 1 aromatic rings. The summed E-state index contributed by atoms with van der Waals surface area (Å²) in [4.78, 5) is 0. The van der Waals surface area contributed by atoms with E-state index < -0.39 is 0 Å². The van der Waals surface area contributed by atoms with Crippen molar-refractivity contribution in [1.29, 1.82) is 0 Å². The predicted octanol–water partition coefficient (Wildman–Crippen LogP) is 1.69. The van der Waals surface area contributed by atoms with Crippen LogP contribution in [0.15, 0.2) is 12.4 Å². The summed E-state index contributed by atoms with van der Waals surface area (Å²) in [5, 5.41) is 4.44. The minimum absolute atomic E-state index is 0.234. The Morgan fingerprint density at radius 2 is 1.85 bits per heavy atom. The van der Waals surface area contributed by atoms with Gasteiger partial charge in [0.2, 0.25) is 0 Å². The van der Waals surface area contributed by atoms with Crippen molar-refractivity contribution in [3.05, 3.63) is 12.4 Å². The largest absolute Gasteiger partial charge is 0.498 e. The Hall–Kier alpha value is -1.25. The molecule has 3 rings (SSSR count). The van der Waals surface area contributed by atoms with Gasteiger partial charge in [0, 0.05) is 17.9 Å². The Bertz CT molecular complexity index is 551. The Morgan fingerprint density at radius 1 is 1.25 bits per heavy atom. The van der Waals surface area contributed by atoms with Crippen molar-refractivity contribution in [2.45, 2.75) is 63.7 Å². The van der Waals surface area contributed by atoms with E-state index in [4.69, 9.17) is 15.7 Å². The Balaban J connectivity index is 1.84. The number of hydrogen-bond acceptors (Lipinski definition) is 3. The molecule has 2 aliphatic rings. The van der Waals surface area contributed by atoms with Gasteiger partial charge in [-0.1, -0.05) is 5.92 Å². The van der Waals surface area contributed by atoms with Gasteiger partial charge in [0.15, 0.2) is 0 Å². The molecule has 0 unspecified atom stereocenters. The van der Waals surface area contributed by atoms with E-state index in [9.17, 15) is 0 Å². The molecule has 2 fully saturated rings. The first-order valence-corrected chi connectivity index (χ1v) is 7.18. The normalized spacial score (nSPS) is 26.1. The molecule has 20 heavy (non-hydrogen) atoms. The highest BCUT2D eigenvalue weighted by Crippen LogP contribution is 2.39. The van der Waals surface area contributed by atoms with Crippen LogP contribution < -0.4 is 5.46 Å². The molecule has 1 aliphatic heterocycles. The lowest BCUT2D eigenvalue weighted by Gasteiger charge is -2.37. The first-order chi connectivity index (χ1) is 9.30. The molecule has 0 N–H and O–H groups in total. The van der Waals surface area contributed by atoms with Crippen molar-refractivity contribution in [3.8, 4) is 12.3 Å². The van der Waals surface area contributed by atoms with Crippen molar-refractivity contribution in [1.82, 2.24) is 9.78 Å². The maximum atomic E-state index is 6.03. The first kappa shape index (κ1) is 13.7. The van der Waals surface area contributed by atoms with Gasteiger partial charge in [-0.2, -0.15) is 5.10 Å². The SMILES string of the molecule is C#CC1(n2cc(B3OC(C)(C)C(C)(C)O3)cn2)CCC1. The summed E-state index contributed by atoms with van der Waals surface area (Å²) >= 11 is 0. The number of aromatic nitrogens is 2. The monoisotopic (exact) mass is 272 g/mol. The molecular weight excluding hydrogens is 251 g/mol. The van der Waals surface area contributed by atoms with Crippen LogP contribution in [-0.2, 0) is 14.8 Å². The van der Waals surface area contributed by atoms with Crippen molar-refractivity contribution in [3.63, 3.8) is 0 Å². The topological polar surface area (TPSA) is 36.3 Å². The van der Waals surface area contributed by atoms with Crippen LogP contribution in [0.25, 0.3) is 0 Å². The van der Waals surface area contributed by atoms with E-state index in [2.05, 4.69) is 11.0 Å². The lowest BCUT2D eigenvalue weighted by atomic mass is 9.77. The Morgan fingerprint density at radius 3 is 2.30 bits per heavy atom. The lowest BCUT2D eigenvalue weighted by Crippen LogP contribution is -2.41. The van der Waals surface area contributed by atoms with Crippen LogP contribution in [0.3, 0.4) is 0 Å². The first-order valence-electron chi connectivity index (χ1n) is 7.18. The van der Waals surface area contributed by atoms with Crippen molar-refractivity contribution < 1.29 is 9.31 Å². The molecule has 0 spiro atoms. The van der Waals surface area contributed by atoms with E-state index in [1.807, 2.05) is 38.6 Å². The summed E-state index contributed by atoms with van der Waals surface area (Å²) in [7, 11) is -0.372. The van der Waals surface area contributed by atoms with Gasteiger partial charge in [0.1, 0.15) is 5.54 Å². The van der Waals surface area contributed by atoms with E-state index in [1.165, 1.54) is 0 Å².